The third-order valence-corrected chi connectivity index (χ3v) is 4.43. The Bertz CT molecular complexity index is 760. The van der Waals surface area contributed by atoms with Gasteiger partial charge >= 0.3 is 0 Å². The van der Waals surface area contributed by atoms with Crippen molar-refractivity contribution in [2.75, 3.05) is 36.8 Å². The summed E-state index contributed by atoms with van der Waals surface area (Å²) < 4.78 is 0. The van der Waals surface area contributed by atoms with E-state index in [1.807, 2.05) is 23.1 Å². The van der Waals surface area contributed by atoms with Crippen LogP contribution in [0.5, 0.6) is 0 Å². The van der Waals surface area contributed by atoms with Crippen molar-refractivity contribution in [2.45, 2.75) is 6.42 Å². The fourth-order valence-corrected chi connectivity index (χ4v) is 3.28. The zero-order chi connectivity index (χ0) is 17.1. The Labute approximate surface area is 145 Å². The number of hydrogen-bond acceptors (Lipinski definition) is 5. The summed E-state index contributed by atoms with van der Waals surface area (Å²) in [6.07, 6.45) is 0.507. The van der Waals surface area contributed by atoms with Gasteiger partial charge in [0.25, 0.3) is 5.69 Å². The lowest BCUT2D eigenvalue weighted by Gasteiger charge is -2.31. The minimum Gasteiger partial charge on any atom is -0.398 e. The number of nitro benzene ring substituents is 1. The van der Waals surface area contributed by atoms with Crippen LogP contribution >= 0.6 is 11.6 Å². The van der Waals surface area contributed by atoms with Crippen molar-refractivity contribution < 1.29 is 4.92 Å². The second-order valence-corrected chi connectivity index (χ2v) is 6.24. The highest BCUT2D eigenvalue weighted by Crippen LogP contribution is 2.37. The van der Waals surface area contributed by atoms with Crippen LogP contribution in [-0.2, 0) is 6.42 Å². The summed E-state index contributed by atoms with van der Waals surface area (Å²) in [6.45, 7) is 3.02. The van der Waals surface area contributed by atoms with Crippen molar-refractivity contribution in [2.24, 2.45) is 0 Å². The molecular weight excluding hydrogens is 328 g/mol. The monoisotopic (exact) mass is 346 g/mol. The van der Waals surface area contributed by atoms with Crippen molar-refractivity contribution in [3.05, 3.63) is 62.7 Å². The normalized spacial score (nSPS) is 14.6. The van der Waals surface area contributed by atoms with Gasteiger partial charge in [0, 0.05) is 54.9 Å². The first-order valence-electron chi connectivity index (χ1n) is 7.82. The first-order chi connectivity index (χ1) is 11.6. The van der Waals surface area contributed by atoms with Crippen LogP contribution in [0.3, 0.4) is 0 Å². The van der Waals surface area contributed by atoms with Gasteiger partial charge in [-0.1, -0.05) is 23.7 Å². The number of hydrogen-bond donors (Lipinski definition) is 2. The highest BCUT2D eigenvalue weighted by atomic mass is 35.5. The molecule has 0 amide bonds. The lowest BCUT2D eigenvalue weighted by molar-refractivity contribution is -0.384. The van der Waals surface area contributed by atoms with Crippen LogP contribution in [0.4, 0.5) is 17.1 Å². The molecule has 126 valence electrons. The third-order valence-electron chi connectivity index (χ3n) is 4.20. The maximum absolute atomic E-state index is 11.5. The molecule has 0 spiro atoms. The summed E-state index contributed by atoms with van der Waals surface area (Å²) in [6, 6.07) is 10.6. The molecule has 3 rings (SSSR count). The number of benzene rings is 2. The quantitative estimate of drug-likeness (QED) is 0.505. The first-order valence-corrected chi connectivity index (χ1v) is 8.20. The van der Waals surface area contributed by atoms with Gasteiger partial charge in [-0.05, 0) is 23.8 Å². The molecule has 0 aromatic heterocycles. The lowest BCUT2D eigenvalue weighted by atomic mass is 9.99. The van der Waals surface area contributed by atoms with E-state index in [-0.39, 0.29) is 10.6 Å². The number of halogens is 1. The van der Waals surface area contributed by atoms with E-state index < -0.39 is 0 Å². The number of rotatable bonds is 4. The largest absolute Gasteiger partial charge is 0.398 e. The van der Waals surface area contributed by atoms with Gasteiger partial charge in [-0.25, -0.2) is 0 Å². The van der Waals surface area contributed by atoms with E-state index in [4.69, 9.17) is 17.3 Å². The summed E-state index contributed by atoms with van der Waals surface area (Å²) in [5, 5.41) is 15.4. The molecule has 1 saturated heterocycles. The first kappa shape index (κ1) is 16.5. The van der Waals surface area contributed by atoms with Crippen molar-refractivity contribution in [1.82, 2.24) is 5.32 Å². The zero-order valence-corrected chi connectivity index (χ0v) is 13.9. The summed E-state index contributed by atoms with van der Waals surface area (Å²) in [7, 11) is 0. The van der Waals surface area contributed by atoms with Gasteiger partial charge in [0.15, 0.2) is 0 Å². The standard InChI is InChI=1S/C17H19ClN4O2/c18-13-3-1-2-12(10-13)11-14-15(19)4-5-16(22(23)24)17(14)21-8-6-20-7-9-21/h1-5,10,20H,6-9,11,19H2. The van der Waals surface area contributed by atoms with E-state index in [1.54, 1.807) is 12.1 Å². The van der Waals surface area contributed by atoms with E-state index >= 15 is 0 Å². The Morgan fingerprint density at radius 3 is 2.67 bits per heavy atom. The van der Waals surface area contributed by atoms with Gasteiger partial charge in [0.05, 0.1) is 4.92 Å². The van der Waals surface area contributed by atoms with Gasteiger partial charge in [0.1, 0.15) is 5.69 Å². The van der Waals surface area contributed by atoms with E-state index in [0.717, 1.165) is 24.2 Å². The fourth-order valence-electron chi connectivity index (χ4n) is 3.07. The number of nitrogen functional groups attached to an aromatic ring is 1. The highest BCUT2D eigenvalue weighted by Gasteiger charge is 2.26. The van der Waals surface area contributed by atoms with Gasteiger partial charge in [-0.2, -0.15) is 0 Å². The molecule has 0 aliphatic carbocycles. The number of piperazine rings is 1. The van der Waals surface area contributed by atoms with Crippen LogP contribution in [0.25, 0.3) is 0 Å². The van der Waals surface area contributed by atoms with Crippen LogP contribution in [0.1, 0.15) is 11.1 Å². The predicted octanol–water partition coefficient (Wildman–Crippen LogP) is 2.83. The summed E-state index contributed by atoms with van der Waals surface area (Å²) in [5.41, 5.74) is 9.24. The molecule has 2 aromatic carbocycles. The maximum Gasteiger partial charge on any atom is 0.292 e. The van der Waals surface area contributed by atoms with Crippen molar-refractivity contribution >= 4 is 28.7 Å². The second kappa shape index (κ2) is 7.07. The molecule has 1 aliphatic heterocycles. The molecule has 0 radical (unpaired) electrons. The molecule has 0 unspecified atom stereocenters. The molecule has 1 fully saturated rings. The van der Waals surface area contributed by atoms with Crippen molar-refractivity contribution in [3.63, 3.8) is 0 Å². The summed E-state index contributed by atoms with van der Waals surface area (Å²) >= 11 is 6.06. The number of nitro groups is 1. The summed E-state index contributed by atoms with van der Waals surface area (Å²) in [4.78, 5) is 13.2. The fraction of sp³-hybridized carbons (Fsp3) is 0.294. The van der Waals surface area contributed by atoms with Crippen LogP contribution in [0.15, 0.2) is 36.4 Å². The van der Waals surface area contributed by atoms with Gasteiger partial charge < -0.3 is 16.0 Å². The average Bonchev–Trinajstić information content (AvgIpc) is 2.57. The molecule has 2 aromatic rings. The molecule has 0 atom stereocenters. The average molecular weight is 347 g/mol. The minimum atomic E-state index is -0.335. The molecule has 1 aliphatic rings. The van der Waals surface area contributed by atoms with Gasteiger partial charge in [0.2, 0.25) is 0 Å². The molecule has 0 bridgehead atoms. The van der Waals surface area contributed by atoms with E-state index in [0.29, 0.717) is 35.9 Å². The SMILES string of the molecule is Nc1ccc([N+](=O)[O-])c(N2CCNCC2)c1Cc1cccc(Cl)c1. The number of nitrogens with two attached hydrogens (primary N) is 1. The number of nitrogens with one attached hydrogen (secondary N) is 1. The number of nitrogens with zero attached hydrogens (tertiary/aromatic N) is 2. The topological polar surface area (TPSA) is 84.4 Å². The molecule has 6 nitrogen and oxygen atoms in total. The molecule has 3 N–H and O–H groups in total. The van der Waals surface area contributed by atoms with E-state index in [9.17, 15) is 10.1 Å². The molecule has 24 heavy (non-hydrogen) atoms. The smallest absolute Gasteiger partial charge is 0.292 e. The van der Waals surface area contributed by atoms with Crippen LogP contribution in [0, 0.1) is 10.1 Å². The van der Waals surface area contributed by atoms with Crippen LogP contribution in [-0.4, -0.2) is 31.1 Å². The molecular formula is C17H19ClN4O2. The highest BCUT2D eigenvalue weighted by molar-refractivity contribution is 6.30. The Morgan fingerprint density at radius 2 is 2.00 bits per heavy atom. The van der Waals surface area contributed by atoms with Crippen molar-refractivity contribution in [3.8, 4) is 0 Å². The third kappa shape index (κ3) is 3.44. The van der Waals surface area contributed by atoms with Crippen LogP contribution < -0.4 is 16.0 Å². The van der Waals surface area contributed by atoms with E-state index in [2.05, 4.69) is 5.32 Å². The lowest BCUT2D eigenvalue weighted by Crippen LogP contribution is -2.44. The Kier molecular flexibility index (Phi) is 4.87. The van der Waals surface area contributed by atoms with Crippen molar-refractivity contribution in [1.29, 1.82) is 0 Å². The van der Waals surface area contributed by atoms with Gasteiger partial charge in [-0.15, -0.1) is 0 Å². The zero-order valence-electron chi connectivity index (χ0n) is 13.2. The minimum absolute atomic E-state index is 0.100. The van der Waals surface area contributed by atoms with Gasteiger partial charge in [-0.3, -0.25) is 10.1 Å². The van der Waals surface area contributed by atoms with E-state index in [1.165, 1.54) is 6.07 Å². The predicted molar refractivity (Wildman–Crippen MR) is 96.8 cm³/mol. The maximum atomic E-state index is 11.5. The molecule has 7 heteroatoms. The summed E-state index contributed by atoms with van der Waals surface area (Å²) in [5.74, 6) is 0. The molecule has 0 saturated carbocycles. The Hall–Kier alpha value is -2.31. The molecule has 1 heterocycles. The van der Waals surface area contributed by atoms with Crippen LogP contribution in [0.2, 0.25) is 5.02 Å². The second-order valence-electron chi connectivity index (χ2n) is 5.80. The Balaban J connectivity index is 2.08. The Morgan fingerprint density at radius 1 is 1.25 bits per heavy atom. The number of anilines is 2.